The van der Waals surface area contributed by atoms with E-state index >= 15 is 0 Å². The van der Waals surface area contributed by atoms with Gasteiger partial charge in [0.2, 0.25) is 17.8 Å². The third-order valence-corrected chi connectivity index (χ3v) is 7.17. The van der Waals surface area contributed by atoms with Crippen LogP contribution in [-0.2, 0) is 4.74 Å². The van der Waals surface area contributed by atoms with Gasteiger partial charge in [0.05, 0.1) is 18.8 Å². The number of nitrogen functional groups attached to an aromatic ring is 1. The van der Waals surface area contributed by atoms with Crippen LogP contribution >= 0.6 is 0 Å². The Labute approximate surface area is 215 Å². The van der Waals surface area contributed by atoms with Crippen LogP contribution in [0.5, 0.6) is 0 Å². The van der Waals surface area contributed by atoms with Crippen molar-refractivity contribution in [2.24, 2.45) is 0 Å². The van der Waals surface area contributed by atoms with E-state index in [1.165, 1.54) is 0 Å². The van der Waals surface area contributed by atoms with Crippen molar-refractivity contribution < 1.29 is 9.53 Å². The fraction of sp³-hybridized carbons (Fsp3) is 0.462. The molecule has 2 N–H and O–H groups in total. The molecule has 1 aliphatic carbocycles. The molecule has 6 rings (SSSR count). The van der Waals surface area contributed by atoms with Crippen LogP contribution in [0.15, 0.2) is 42.7 Å². The van der Waals surface area contributed by atoms with Gasteiger partial charge in [0.15, 0.2) is 5.82 Å². The number of anilines is 3. The highest BCUT2D eigenvalue weighted by atomic mass is 16.5. The summed E-state index contributed by atoms with van der Waals surface area (Å²) in [6.45, 7) is 4.15. The first-order valence-corrected chi connectivity index (χ1v) is 12.9. The quantitative estimate of drug-likeness (QED) is 0.536. The number of aromatic nitrogens is 5. The number of rotatable bonds is 6. The lowest BCUT2D eigenvalue weighted by molar-refractivity contribution is 0.0711. The summed E-state index contributed by atoms with van der Waals surface area (Å²) in [7, 11) is 0. The number of piperidine rings is 1. The van der Waals surface area contributed by atoms with Crippen molar-refractivity contribution >= 4 is 23.8 Å². The molecule has 3 aliphatic rings. The Hall–Kier alpha value is -3.86. The largest absolute Gasteiger partial charge is 0.378 e. The average Bonchev–Trinajstić information content (AvgIpc) is 3.80. The molecule has 192 valence electrons. The van der Waals surface area contributed by atoms with Gasteiger partial charge in [-0.3, -0.25) is 4.79 Å². The normalized spacial score (nSPS) is 18.6. The van der Waals surface area contributed by atoms with Gasteiger partial charge in [-0.25, -0.2) is 9.97 Å². The minimum atomic E-state index is 0.0948. The predicted molar refractivity (Wildman–Crippen MR) is 139 cm³/mol. The van der Waals surface area contributed by atoms with Gasteiger partial charge >= 0.3 is 0 Å². The average molecular weight is 502 g/mol. The van der Waals surface area contributed by atoms with E-state index in [0.717, 1.165) is 44.3 Å². The molecule has 0 atom stereocenters. The van der Waals surface area contributed by atoms with Crippen molar-refractivity contribution in [2.45, 2.75) is 37.8 Å². The summed E-state index contributed by atoms with van der Waals surface area (Å²) in [5.41, 5.74) is 7.15. The zero-order valence-corrected chi connectivity index (χ0v) is 20.7. The number of morpholine rings is 1. The molecule has 11 heteroatoms. The molecule has 0 radical (unpaired) electrons. The Bertz CT molecular complexity index is 1220. The van der Waals surface area contributed by atoms with Crippen LogP contribution in [0.1, 0.15) is 36.0 Å². The Morgan fingerprint density at radius 1 is 0.892 bits per heavy atom. The Morgan fingerprint density at radius 2 is 1.57 bits per heavy atom. The lowest BCUT2D eigenvalue weighted by atomic mass is 10.0. The van der Waals surface area contributed by atoms with Gasteiger partial charge < -0.3 is 25.2 Å². The molecule has 37 heavy (non-hydrogen) atoms. The Balaban J connectivity index is 1.27. The van der Waals surface area contributed by atoms with Gasteiger partial charge in [-0.05, 0) is 37.8 Å². The zero-order valence-electron chi connectivity index (χ0n) is 20.7. The first-order valence-electron chi connectivity index (χ1n) is 12.9. The summed E-state index contributed by atoms with van der Waals surface area (Å²) in [5.74, 6) is 2.16. The number of amides is 1. The fourth-order valence-corrected chi connectivity index (χ4v) is 5.04. The zero-order chi connectivity index (χ0) is 25.2. The smallest absolute Gasteiger partial charge is 0.253 e. The minimum absolute atomic E-state index is 0.0948. The van der Waals surface area contributed by atoms with Crippen LogP contribution in [0.2, 0.25) is 0 Å². The number of carbonyl (C=O) groups excluding carboxylic acids is 1. The van der Waals surface area contributed by atoms with Gasteiger partial charge in [-0.1, -0.05) is 18.2 Å². The molecule has 1 saturated carbocycles. The predicted octanol–water partition coefficient (Wildman–Crippen LogP) is 2.02. The second-order valence-corrected chi connectivity index (χ2v) is 9.72. The van der Waals surface area contributed by atoms with Crippen molar-refractivity contribution in [3.63, 3.8) is 0 Å². The molecule has 3 aromatic rings. The third kappa shape index (κ3) is 5.17. The van der Waals surface area contributed by atoms with Crippen LogP contribution in [-0.4, -0.2) is 87.2 Å². The molecular weight excluding hydrogens is 470 g/mol. The summed E-state index contributed by atoms with van der Waals surface area (Å²) in [6, 6.07) is 10.2. The van der Waals surface area contributed by atoms with E-state index in [9.17, 15) is 4.79 Å². The SMILES string of the molecule is Nc1ncc(-c2nc(N3CCOCC3)nc(N(C3CC3)C3CCN(C(=O)c4ccccc4)CC3)n2)cn1. The summed E-state index contributed by atoms with van der Waals surface area (Å²) in [6.07, 6.45) is 7.27. The van der Waals surface area contributed by atoms with Crippen molar-refractivity contribution in [2.75, 3.05) is 54.9 Å². The summed E-state index contributed by atoms with van der Waals surface area (Å²) >= 11 is 0. The summed E-state index contributed by atoms with van der Waals surface area (Å²) < 4.78 is 5.54. The first kappa shape index (κ1) is 23.5. The molecule has 0 unspecified atom stereocenters. The third-order valence-electron chi connectivity index (χ3n) is 7.17. The maximum absolute atomic E-state index is 13.0. The fourth-order valence-electron chi connectivity index (χ4n) is 5.04. The maximum atomic E-state index is 13.0. The highest BCUT2D eigenvalue weighted by molar-refractivity contribution is 5.94. The van der Waals surface area contributed by atoms with Crippen LogP contribution in [0.4, 0.5) is 17.8 Å². The molecule has 2 aromatic heterocycles. The van der Waals surface area contributed by atoms with Crippen LogP contribution in [0, 0.1) is 0 Å². The van der Waals surface area contributed by atoms with Crippen molar-refractivity contribution in [1.82, 2.24) is 29.8 Å². The topological polar surface area (TPSA) is 126 Å². The monoisotopic (exact) mass is 501 g/mol. The van der Waals surface area contributed by atoms with Crippen molar-refractivity contribution in [1.29, 1.82) is 0 Å². The molecule has 0 bridgehead atoms. The number of hydrogen-bond acceptors (Lipinski definition) is 10. The van der Waals surface area contributed by atoms with Crippen molar-refractivity contribution in [3.8, 4) is 11.4 Å². The molecule has 1 amide bonds. The van der Waals surface area contributed by atoms with Gasteiger partial charge in [-0.15, -0.1) is 0 Å². The second kappa shape index (κ2) is 10.3. The van der Waals surface area contributed by atoms with E-state index in [2.05, 4.69) is 19.8 Å². The van der Waals surface area contributed by atoms with Crippen LogP contribution in [0.3, 0.4) is 0 Å². The van der Waals surface area contributed by atoms with E-state index in [1.807, 2.05) is 35.2 Å². The molecule has 3 fully saturated rings. The van der Waals surface area contributed by atoms with E-state index < -0.39 is 0 Å². The lowest BCUT2D eigenvalue weighted by Gasteiger charge is -2.39. The highest BCUT2D eigenvalue weighted by Crippen LogP contribution is 2.36. The van der Waals surface area contributed by atoms with E-state index in [1.54, 1.807) is 12.4 Å². The summed E-state index contributed by atoms with van der Waals surface area (Å²) in [5, 5.41) is 0. The lowest BCUT2D eigenvalue weighted by Crippen LogP contribution is -2.48. The van der Waals surface area contributed by atoms with E-state index in [0.29, 0.717) is 55.6 Å². The molecule has 2 aliphatic heterocycles. The van der Waals surface area contributed by atoms with Gasteiger partial charge in [0, 0.05) is 56.2 Å². The summed E-state index contributed by atoms with van der Waals surface area (Å²) in [4.78, 5) is 42.4. The Kier molecular flexibility index (Phi) is 6.52. The number of nitrogens with two attached hydrogens (primary N) is 1. The number of hydrogen-bond donors (Lipinski definition) is 1. The van der Waals surface area contributed by atoms with Gasteiger partial charge in [0.25, 0.3) is 5.91 Å². The van der Waals surface area contributed by atoms with Crippen molar-refractivity contribution in [3.05, 3.63) is 48.3 Å². The molecule has 1 aromatic carbocycles. The minimum Gasteiger partial charge on any atom is -0.378 e. The highest BCUT2D eigenvalue weighted by Gasteiger charge is 2.38. The van der Waals surface area contributed by atoms with Crippen LogP contribution in [0.25, 0.3) is 11.4 Å². The standard InChI is InChI=1S/C26H31N9O2/c27-24-28-16-19(17-29-24)22-30-25(34-12-14-37-15-13-34)32-26(31-22)35(20-6-7-20)21-8-10-33(11-9-21)23(36)18-4-2-1-3-5-18/h1-5,16-17,20-21H,6-15H2,(H2,27,28,29). The number of nitrogens with zero attached hydrogens (tertiary/aromatic N) is 8. The molecule has 0 spiro atoms. The number of benzene rings is 1. The Morgan fingerprint density at radius 3 is 2.24 bits per heavy atom. The van der Waals surface area contributed by atoms with Gasteiger partial charge in [0.1, 0.15) is 0 Å². The maximum Gasteiger partial charge on any atom is 0.253 e. The number of carbonyl (C=O) groups is 1. The number of ether oxygens (including phenoxy) is 1. The second-order valence-electron chi connectivity index (χ2n) is 9.72. The van der Waals surface area contributed by atoms with Crippen LogP contribution < -0.4 is 15.5 Å². The molecular formula is C26H31N9O2. The first-order chi connectivity index (χ1) is 18.2. The van der Waals surface area contributed by atoms with E-state index in [-0.39, 0.29) is 17.9 Å². The van der Waals surface area contributed by atoms with E-state index in [4.69, 9.17) is 25.4 Å². The number of likely N-dealkylation sites (tertiary alicyclic amines) is 1. The molecule has 11 nitrogen and oxygen atoms in total. The molecule has 2 saturated heterocycles. The van der Waals surface area contributed by atoms with Gasteiger partial charge in [-0.2, -0.15) is 15.0 Å². The molecule has 4 heterocycles.